The SMILES string of the molecule is O=C(O)c1cccc(SCc2cnc(Cl)cn2)c1. The van der Waals surface area contributed by atoms with Crippen LogP contribution in [0.4, 0.5) is 0 Å². The van der Waals surface area contributed by atoms with E-state index in [-0.39, 0.29) is 5.56 Å². The molecule has 18 heavy (non-hydrogen) atoms. The molecular weight excluding hydrogens is 272 g/mol. The number of carboxylic acids is 1. The van der Waals surface area contributed by atoms with Gasteiger partial charge in [-0.25, -0.2) is 9.78 Å². The maximum absolute atomic E-state index is 10.8. The number of hydrogen-bond acceptors (Lipinski definition) is 4. The summed E-state index contributed by atoms with van der Waals surface area (Å²) in [6, 6.07) is 6.78. The lowest BCUT2D eigenvalue weighted by Crippen LogP contribution is -1.95. The van der Waals surface area contributed by atoms with Gasteiger partial charge in [0.25, 0.3) is 0 Å². The minimum atomic E-state index is -0.927. The van der Waals surface area contributed by atoms with Crippen LogP contribution in [0.15, 0.2) is 41.6 Å². The molecule has 0 bridgehead atoms. The van der Waals surface area contributed by atoms with Crippen molar-refractivity contribution in [1.82, 2.24) is 9.97 Å². The first-order chi connectivity index (χ1) is 8.65. The molecule has 0 saturated carbocycles. The van der Waals surface area contributed by atoms with E-state index >= 15 is 0 Å². The van der Waals surface area contributed by atoms with Crippen molar-refractivity contribution in [1.29, 1.82) is 0 Å². The highest BCUT2D eigenvalue weighted by Crippen LogP contribution is 2.22. The second-order valence-corrected chi connectivity index (χ2v) is 4.89. The monoisotopic (exact) mass is 280 g/mol. The van der Waals surface area contributed by atoms with E-state index in [0.29, 0.717) is 10.9 Å². The molecule has 0 radical (unpaired) electrons. The Hall–Kier alpha value is -1.59. The molecule has 0 amide bonds. The Morgan fingerprint density at radius 3 is 2.83 bits per heavy atom. The van der Waals surface area contributed by atoms with Crippen LogP contribution in [0.3, 0.4) is 0 Å². The van der Waals surface area contributed by atoms with Gasteiger partial charge in [0.15, 0.2) is 0 Å². The highest BCUT2D eigenvalue weighted by molar-refractivity contribution is 7.98. The van der Waals surface area contributed by atoms with E-state index < -0.39 is 5.97 Å². The molecule has 0 atom stereocenters. The van der Waals surface area contributed by atoms with E-state index in [1.807, 2.05) is 6.07 Å². The molecule has 0 spiro atoms. The maximum Gasteiger partial charge on any atom is 0.335 e. The highest BCUT2D eigenvalue weighted by atomic mass is 35.5. The first-order valence-electron chi connectivity index (χ1n) is 5.08. The summed E-state index contributed by atoms with van der Waals surface area (Å²) in [5.41, 5.74) is 1.08. The molecule has 1 aromatic heterocycles. The summed E-state index contributed by atoms with van der Waals surface area (Å²) in [6.07, 6.45) is 3.10. The Bertz CT molecular complexity index is 560. The predicted octanol–water partition coefficient (Wildman–Crippen LogP) is 3.12. The Morgan fingerprint density at radius 2 is 2.17 bits per heavy atom. The predicted molar refractivity (Wildman–Crippen MR) is 70.0 cm³/mol. The van der Waals surface area contributed by atoms with E-state index in [1.165, 1.54) is 18.0 Å². The maximum atomic E-state index is 10.8. The normalized spacial score (nSPS) is 10.3. The third kappa shape index (κ3) is 3.45. The zero-order valence-electron chi connectivity index (χ0n) is 9.21. The molecule has 6 heteroatoms. The highest BCUT2D eigenvalue weighted by Gasteiger charge is 2.04. The van der Waals surface area contributed by atoms with Crippen LogP contribution in [0.5, 0.6) is 0 Å². The van der Waals surface area contributed by atoms with Gasteiger partial charge in [0, 0.05) is 10.6 Å². The standard InChI is InChI=1S/C12H9ClN2O2S/c13-11-6-14-9(5-15-11)7-18-10-3-1-2-8(4-10)12(16)17/h1-6H,7H2,(H,16,17). The van der Waals surface area contributed by atoms with Crippen LogP contribution in [-0.2, 0) is 5.75 Å². The number of aromatic carboxylic acids is 1. The van der Waals surface area contributed by atoms with E-state index in [4.69, 9.17) is 16.7 Å². The second-order valence-electron chi connectivity index (χ2n) is 3.45. The van der Waals surface area contributed by atoms with Gasteiger partial charge in [-0.3, -0.25) is 4.98 Å². The number of thioether (sulfide) groups is 1. The van der Waals surface area contributed by atoms with Gasteiger partial charge in [-0.2, -0.15) is 0 Å². The molecule has 0 saturated heterocycles. The fourth-order valence-electron chi connectivity index (χ4n) is 1.29. The van der Waals surface area contributed by atoms with Crippen molar-refractivity contribution in [2.45, 2.75) is 10.6 Å². The van der Waals surface area contributed by atoms with Crippen LogP contribution in [0.1, 0.15) is 16.1 Å². The van der Waals surface area contributed by atoms with Gasteiger partial charge in [0.05, 0.1) is 23.7 Å². The fourth-order valence-corrected chi connectivity index (χ4v) is 2.24. The first kappa shape index (κ1) is 12.9. The summed E-state index contributed by atoms with van der Waals surface area (Å²) in [6.45, 7) is 0. The average Bonchev–Trinajstić information content (AvgIpc) is 2.38. The number of carbonyl (C=O) groups is 1. The molecule has 4 nitrogen and oxygen atoms in total. The fraction of sp³-hybridized carbons (Fsp3) is 0.0833. The van der Waals surface area contributed by atoms with Crippen molar-refractivity contribution in [3.8, 4) is 0 Å². The Morgan fingerprint density at radius 1 is 1.33 bits per heavy atom. The molecule has 2 rings (SSSR count). The summed E-state index contributed by atoms with van der Waals surface area (Å²) in [7, 11) is 0. The minimum absolute atomic E-state index is 0.280. The molecular formula is C12H9ClN2O2S. The lowest BCUT2D eigenvalue weighted by Gasteiger charge is -2.02. The van der Waals surface area contributed by atoms with Crippen molar-refractivity contribution in [2.24, 2.45) is 0 Å². The molecule has 1 N–H and O–H groups in total. The van der Waals surface area contributed by atoms with E-state index in [2.05, 4.69) is 9.97 Å². The van der Waals surface area contributed by atoms with Crippen molar-refractivity contribution in [2.75, 3.05) is 0 Å². The largest absolute Gasteiger partial charge is 0.478 e. The number of nitrogens with zero attached hydrogens (tertiary/aromatic N) is 2. The van der Waals surface area contributed by atoms with Gasteiger partial charge in [-0.05, 0) is 18.2 Å². The molecule has 0 aliphatic carbocycles. The van der Waals surface area contributed by atoms with E-state index in [0.717, 1.165) is 10.6 Å². The summed E-state index contributed by atoms with van der Waals surface area (Å²) >= 11 is 7.14. The summed E-state index contributed by atoms with van der Waals surface area (Å²) < 4.78 is 0. The molecule has 1 heterocycles. The van der Waals surface area contributed by atoms with Gasteiger partial charge in [0.1, 0.15) is 5.15 Å². The van der Waals surface area contributed by atoms with Gasteiger partial charge in [0.2, 0.25) is 0 Å². The van der Waals surface area contributed by atoms with Crippen molar-refractivity contribution in [3.05, 3.63) is 53.1 Å². The summed E-state index contributed by atoms with van der Waals surface area (Å²) in [5, 5.41) is 9.24. The van der Waals surface area contributed by atoms with Crippen molar-refractivity contribution in [3.63, 3.8) is 0 Å². The van der Waals surface area contributed by atoms with Crippen LogP contribution in [0.25, 0.3) is 0 Å². The third-order valence-electron chi connectivity index (χ3n) is 2.14. The topological polar surface area (TPSA) is 63.1 Å². The molecule has 1 aromatic carbocycles. The molecule has 2 aromatic rings. The van der Waals surface area contributed by atoms with Crippen LogP contribution in [0.2, 0.25) is 5.15 Å². The number of halogens is 1. The molecule has 0 aliphatic heterocycles. The molecule has 0 fully saturated rings. The van der Waals surface area contributed by atoms with Crippen LogP contribution in [-0.4, -0.2) is 21.0 Å². The van der Waals surface area contributed by atoms with Gasteiger partial charge < -0.3 is 5.11 Å². The number of carboxylic acid groups (broad SMARTS) is 1. The van der Waals surface area contributed by atoms with Gasteiger partial charge >= 0.3 is 5.97 Å². The molecule has 92 valence electrons. The van der Waals surface area contributed by atoms with Crippen molar-refractivity contribution >= 4 is 29.3 Å². The minimum Gasteiger partial charge on any atom is -0.478 e. The Kier molecular flexibility index (Phi) is 4.17. The zero-order chi connectivity index (χ0) is 13.0. The lowest BCUT2D eigenvalue weighted by atomic mass is 10.2. The zero-order valence-corrected chi connectivity index (χ0v) is 10.8. The average molecular weight is 281 g/mol. The Labute approximate surface area is 113 Å². The number of aromatic nitrogens is 2. The molecule has 0 unspecified atom stereocenters. The van der Waals surface area contributed by atoms with E-state index in [1.54, 1.807) is 24.4 Å². The smallest absolute Gasteiger partial charge is 0.335 e. The van der Waals surface area contributed by atoms with Crippen LogP contribution >= 0.6 is 23.4 Å². The Balaban J connectivity index is 2.04. The van der Waals surface area contributed by atoms with Crippen molar-refractivity contribution < 1.29 is 9.90 Å². The number of benzene rings is 1. The second kappa shape index (κ2) is 5.84. The third-order valence-corrected chi connectivity index (χ3v) is 3.36. The summed E-state index contributed by atoms with van der Waals surface area (Å²) in [4.78, 5) is 19.8. The quantitative estimate of drug-likeness (QED) is 0.872. The number of hydrogen-bond donors (Lipinski definition) is 1. The molecule has 0 aliphatic rings. The number of rotatable bonds is 4. The van der Waals surface area contributed by atoms with E-state index in [9.17, 15) is 4.79 Å². The van der Waals surface area contributed by atoms with Gasteiger partial charge in [-0.15, -0.1) is 11.8 Å². The lowest BCUT2D eigenvalue weighted by molar-refractivity contribution is 0.0696. The van der Waals surface area contributed by atoms with Gasteiger partial charge in [-0.1, -0.05) is 17.7 Å². The summed E-state index contributed by atoms with van der Waals surface area (Å²) in [5.74, 6) is -0.309. The van der Waals surface area contributed by atoms with Crippen LogP contribution < -0.4 is 0 Å². The van der Waals surface area contributed by atoms with Crippen LogP contribution in [0, 0.1) is 0 Å². The first-order valence-corrected chi connectivity index (χ1v) is 6.44.